The summed E-state index contributed by atoms with van der Waals surface area (Å²) >= 11 is 1.97. The molecule has 0 unspecified atom stereocenters. The van der Waals surface area contributed by atoms with Gasteiger partial charge in [-0.2, -0.15) is 11.8 Å². The maximum atomic E-state index is 5.63. The maximum absolute atomic E-state index is 5.63. The number of aromatic amines is 1. The summed E-state index contributed by atoms with van der Waals surface area (Å²) < 4.78 is 0. The monoisotopic (exact) mass is 360 g/mol. The van der Waals surface area contributed by atoms with Gasteiger partial charge in [0.1, 0.15) is 5.82 Å². The number of H-pyrrole nitrogens is 1. The Kier molecular flexibility index (Phi) is 7.29. The molecule has 2 aromatic rings. The van der Waals surface area contributed by atoms with Crippen LogP contribution in [0.4, 0.5) is 0 Å². The summed E-state index contributed by atoms with van der Waals surface area (Å²) in [7, 11) is 0. The highest BCUT2D eigenvalue weighted by Crippen LogP contribution is 2.13. The van der Waals surface area contributed by atoms with Crippen LogP contribution in [0.25, 0.3) is 0 Å². The molecule has 0 radical (unpaired) electrons. The Morgan fingerprint density at radius 1 is 1.08 bits per heavy atom. The van der Waals surface area contributed by atoms with Crippen molar-refractivity contribution in [2.24, 2.45) is 5.73 Å². The lowest BCUT2D eigenvalue weighted by Crippen LogP contribution is -2.48. The molecule has 3 heterocycles. The second-order valence-electron chi connectivity index (χ2n) is 6.36. The van der Waals surface area contributed by atoms with Crippen LogP contribution < -0.4 is 5.73 Å². The van der Waals surface area contributed by atoms with E-state index in [1.54, 1.807) is 6.20 Å². The Hall–Kier alpha value is -1.41. The fourth-order valence-electron chi connectivity index (χ4n) is 3.06. The van der Waals surface area contributed by atoms with Crippen LogP contribution in [0.1, 0.15) is 17.2 Å². The van der Waals surface area contributed by atoms with E-state index in [2.05, 4.69) is 38.0 Å². The van der Waals surface area contributed by atoms with E-state index in [1.165, 1.54) is 0 Å². The van der Waals surface area contributed by atoms with Gasteiger partial charge in [-0.05, 0) is 12.1 Å². The summed E-state index contributed by atoms with van der Waals surface area (Å²) in [6.45, 7) is 7.59. The molecule has 3 N–H and O–H groups in total. The van der Waals surface area contributed by atoms with Gasteiger partial charge < -0.3 is 10.7 Å². The summed E-state index contributed by atoms with van der Waals surface area (Å²) in [6.07, 6.45) is 4.40. The topological polar surface area (TPSA) is 74.1 Å². The number of pyridine rings is 1. The Labute approximate surface area is 154 Å². The van der Waals surface area contributed by atoms with Gasteiger partial charge in [0.05, 0.1) is 5.69 Å². The number of nitrogens with two attached hydrogens (primary N) is 1. The van der Waals surface area contributed by atoms with Gasteiger partial charge in [0.15, 0.2) is 0 Å². The standard InChI is InChI=1S/C18H28N6S/c19-4-7-23-8-10-24(11-9-23)12-13-25-15-17-3-1-2-16(22-17)14-18-20-5-6-21-18/h1-3,5-6H,4,7-15,19H2,(H,20,21). The third-order valence-corrected chi connectivity index (χ3v) is 5.45. The molecule has 0 aliphatic carbocycles. The van der Waals surface area contributed by atoms with Gasteiger partial charge in [-0.25, -0.2) is 4.98 Å². The smallest absolute Gasteiger partial charge is 0.112 e. The van der Waals surface area contributed by atoms with Gasteiger partial charge in [0, 0.05) is 81.8 Å². The van der Waals surface area contributed by atoms with Crippen LogP contribution in [-0.4, -0.2) is 76.3 Å². The van der Waals surface area contributed by atoms with Gasteiger partial charge in [0.25, 0.3) is 0 Å². The molecule has 1 aliphatic heterocycles. The molecule has 1 fully saturated rings. The van der Waals surface area contributed by atoms with E-state index in [1.807, 2.05) is 18.0 Å². The molecule has 0 amide bonds. The Balaban J connectivity index is 1.35. The zero-order chi connectivity index (χ0) is 17.3. The van der Waals surface area contributed by atoms with Gasteiger partial charge in [0.2, 0.25) is 0 Å². The van der Waals surface area contributed by atoms with Crippen molar-refractivity contribution < 1.29 is 0 Å². The average Bonchev–Trinajstić information content (AvgIpc) is 3.14. The third-order valence-electron chi connectivity index (χ3n) is 4.48. The molecule has 0 aromatic carbocycles. The molecule has 0 saturated carbocycles. The Bertz CT molecular complexity index is 610. The number of hydrogen-bond donors (Lipinski definition) is 2. The molecule has 0 spiro atoms. The van der Waals surface area contributed by atoms with Gasteiger partial charge in [-0.3, -0.25) is 14.8 Å². The van der Waals surface area contributed by atoms with E-state index in [0.29, 0.717) is 0 Å². The lowest BCUT2D eigenvalue weighted by atomic mass is 10.2. The molecule has 0 bridgehead atoms. The zero-order valence-corrected chi connectivity index (χ0v) is 15.5. The first-order valence-corrected chi connectivity index (χ1v) is 10.1. The number of aromatic nitrogens is 3. The van der Waals surface area contributed by atoms with Crippen molar-refractivity contribution in [2.45, 2.75) is 12.2 Å². The number of rotatable bonds is 9. The van der Waals surface area contributed by atoms with Crippen LogP contribution in [0.2, 0.25) is 0 Å². The highest BCUT2D eigenvalue weighted by Gasteiger charge is 2.15. The summed E-state index contributed by atoms with van der Waals surface area (Å²) in [4.78, 5) is 17.2. The number of thioether (sulfide) groups is 1. The lowest BCUT2D eigenvalue weighted by Gasteiger charge is -2.34. The molecule has 2 aromatic heterocycles. The van der Waals surface area contributed by atoms with Gasteiger partial charge in [-0.15, -0.1) is 0 Å². The first kappa shape index (κ1) is 18.4. The predicted molar refractivity (Wildman–Crippen MR) is 104 cm³/mol. The fraction of sp³-hybridized carbons (Fsp3) is 0.556. The van der Waals surface area contributed by atoms with Crippen molar-refractivity contribution in [2.75, 3.05) is 51.6 Å². The maximum Gasteiger partial charge on any atom is 0.112 e. The van der Waals surface area contributed by atoms with Crippen molar-refractivity contribution in [1.82, 2.24) is 24.8 Å². The molecule has 136 valence electrons. The van der Waals surface area contributed by atoms with Crippen LogP contribution in [0, 0.1) is 0 Å². The second-order valence-corrected chi connectivity index (χ2v) is 7.46. The summed E-state index contributed by atoms with van der Waals surface area (Å²) in [6, 6.07) is 6.28. The van der Waals surface area contributed by atoms with Crippen LogP contribution in [0.15, 0.2) is 30.6 Å². The molecule has 1 aliphatic rings. The van der Waals surface area contributed by atoms with Crippen LogP contribution in [-0.2, 0) is 12.2 Å². The summed E-state index contributed by atoms with van der Waals surface area (Å²) in [5.41, 5.74) is 7.85. The van der Waals surface area contributed by atoms with E-state index in [4.69, 9.17) is 10.7 Å². The van der Waals surface area contributed by atoms with Crippen LogP contribution >= 0.6 is 11.8 Å². The first-order chi connectivity index (χ1) is 12.3. The minimum absolute atomic E-state index is 0.762. The molecular weight excluding hydrogens is 332 g/mol. The summed E-state index contributed by atoms with van der Waals surface area (Å²) in [5.74, 6) is 3.09. The fourth-order valence-corrected chi connectivity index (χ4v) is 3.97. The zero-order valence-electron chi connectivity index (χ0n) is 14.7. The molecule has 25 heavy (non-hydrogen) atoms. The summed E-state index contributed by atoms with van der Waals surface area (Å²) in [5, 5.41) is 0. The SMILES string of the molecule is NCCN1CCN(CCSCc2cccc(Cc3ncc[nH]3)n2)CC1. The quantitative estimate of drug-likeness (QED) is 0.655. The first-order valence-electron chi connectivity index (χ1n) is 8.99. The average molecular weight is 361 g/mol. The Morgan fingerprint density at radius 2 is 1.84 bits per heavy atom. The van der Waals surface area contributed by atoms with Crippen molar-refractivity contribution in [3.05, 3.63) is 47.8 Å². The van der Waals surface area contributed by atoms with Crippen molar-refractivity contribution in [1.29, 1.82) is 0 Å². The second kappa shape index (κ2) is 9.91. The number of nitrogens with one attached hydrogen (secondary N) is 1. The predicted octanol–water partition coefficient (Wildman–Crippen LogP) is 1.20. The van der Waals surface area contributed by atoms with Gasteiger partial charge in [-0.1, -0.05) is 6.07 Å². The molecule has 3 rings (SSSR count). The third kappa shape index (κ3) is 6.11. The largest absolute Gasteiger partial charge is 0.348 e. The van der Waals surface area contributed by atoms with E-state index in [-0.39, 0.29) is 0 Å². The Morgan fingerprint density at radius 3 is 2.56 bits per heavy atom. The van der Waals surface area contributed by atoms with Crippen molar-refractivity contribution in [3.8, 4) is 0 Å². The lowest BCUT2D eigenvalue weighted by molar-refractivity contribution is 0.141. The highest BCUT2D eigenvalue weighted by molar-refractivity contribution is 7.98. The van der Waals surface area contributed by atoms with Crippen molar-refractivity contribution in [3.63, 3.8) is 0 Å². The van der Waals surface area contributed by atoms with E-state index < -0.39 is 0 Å². The molecule has 7 heteroatoms. The molecule has 0 atom stereocenters. The van der Waals surface area contributed by atoms with Gasteiger partial charge >= 0.3 is 0 Å². The van der Waals surface area contributed by atoms with E-state index in [0.717, 1.165) is 81.0 Å². The highest BCUT2D eigenvalue weighted by atomic mass is 32.2. The molecule has 1 saturated heterocycles. The number of imidazole rings is 1. The van der Waals surface area contributed by atoms with E-state index >= 15 is 0 Å². The minimum atomic E-state index is 0.762. The number of hydrogen-bond acceptors (Lipinski definition) is 6. The minimum Gasteiger partial charge on any atom is -0.348 e. The van der Waals surface area contributed by atoms with Crippen molar-refractivity contribution >= 4 is 11.8 Å². The molecule has 6 nitrogen and oxygen atoms in total. The van der Waals surface area contributed by atoms with Crippen LogP contribution in [0.3, 0.4) is 0 Å². The normalized spacial score (nSPS) is 16.4. The van der Waals surface area contributed by atoms with E-state index in [9.17, 15) is 0 Å². The van der Waals surface area contributed by atoms with Crippen LogP contribution in [0.5, 0.6) is 0 Å². The number of piperazine rings is 1. The molecular formula is C18H28N6S. The number of nitrogens with zero attached hydrogens (tertiary/aromatic N) is 4.